The molecule has 1 aromatic heterocycles. The van der Waals surface area contributed by atoms with E-state index in [4.69, 9.17) is 26.8 Å². The van der Waals surface area contributed by atoms with E-state index in [1.54, 1.807) is 64.1 Å². The Morgan fingerprint density at radius 2 is 1.37 bits per heavy atom. The molecule has 91 heavy (non-hydrogen) atoms. The molecule has 0 spiro atoms. The largest absolute Gasteiger partial charge is 0.492 e. The van der Waals surface area contributed by atoms with Crippen molar-refractivity contribution in [1.82, 2.24) is 40.5 Å². The van der Waals surface area contributed by atoms with E-state index >= 15 is 0 Å². The van der Waals surface area contributed by atoms with Crippen molar-refractivity contribution in [2.75, 3.05) is 18.8 Å². The number of ether oxygens (including phenoxy) is 1. The number of hydrogen-bond acceptors (Lipinski definition) is 19. The van der Waals surface area contributed by atoms with Gasteiger partial charge in [0.2, 0.25) is 59.0 Å². The molecule has 3 aromatic carbocycles. The van der Waals surface area contributed by atoms with Crippen molar-refractivity contribution >= 4 is 88.5 Å². The predicted molar refractivity (Wildman–Crippen MR) is 337 cm³/mol. The van der Waals surface area contributed by atoms with E-state index in [0.717, 1.165) is 22.0 Å². The van der Waals surface area contributed by atoms with Gasteiger partial charge in [0.1, 0.15) is 59.0 Å². The van der Waals surface area contributed by atoms with E-state index < -0.39 is 161 Å². The number of amides is 9. The van der Waals surface area contributed by atoms with Gasteiger partial charge in [-0.05, 0) is 106 Å². The first-order valence-electron chi connectivity index (χ1n) is 29.5. The second-order valence-electron chi connectivity index (χ2n) is 23.3. The molecule has 0 saturated carbocycles. The molecule has 0 unspecified atom stereocenters. The van der Waals surface area contributed by atoms with Gasteiger partial charge >= 0.3 is 5.97 Å². The third kappa shape index (κ3) is 22.8. The maximum atomic E-state index is 15.0. The molecule has 0 aliphatic carbocycles. The Kier molecular flexibility index (Phi) is 27.5. The van der Waals surface area contributed by atoms with Gasteiger partial charge in [0.25, 0.3) is 11.6 Å². The van der Waals surface area contributed by atoms with E-state index in [2.05, 4.69) is 26.6 Å². The van der Waals surface area contributed by atoms with Gasteiger partial charge in [0.05, 0.1) is 17.4 Å². The topological polar surface area (TPSA) is 422 Å². The molecule has 28 nitrogen and oxygen atoms in total. The molecule has 9 amide bonds. The Labute approximate surface area is 535 Å². The highest BCUT2D eigenvalue weighted by Crippen LogP contribution is 2.33. The van der Waals surface area contributed by atoms with Crippen molar-refractivity contribution in [3.63, 3.8) is 0 Å². The fourth-order valence-electron chi connectivity index (χ4n) is 9.51. The van der Waals surface area contributed by atoms with Gasteiger partial charge in [0, 0.05) is 42.7 Å². The van der Waals surface area contributed by atoms with Crippen molar-refractivity contribution < 1.29 is 72.7 Å². The van der Waals surface area contributed by atoms with Crippen molar-refractivity contribution in [2.24, 2.45) is 29.0 Å². The van der Waals surface area contributed by atoms with Gasteiger partial charge in [-0.25, -0.2) is 4.79 Å². The smallest absolute Gasteiger partial charge is 0.353 e. The molecule has 0 radical (unpaired) electrons. The van der Waals surface area contributed by atoms with E-state index in [9.17, 15) is 68.3 Å². The number of benzene rings is 3. The van der Waals surface area contributed by atoms with Crippen LogP contribution in [0, 0.1) is 22.0 Å². The zero-order valence-electron chi connectivity index (χ0n) is 51.8. The molecule has 8 atom stereocenters. The van der Waals surface area contributed by atoms with Gasteiger partial charge in [-0.15, -0.1) is 4.73 Å². The lowest BCUT2D eigenvalue weighted by Gasteiger charge is -2.32. The summed E-state index contributed by atoms with van der Waals surface area (Å²) >= 11 is 1.72. The Balaban J connectivity index is 1.38. The minimum atomic E-state index is -1.81. The highest BCUT2D eigenvalue weighted by molar-refractivity contribution is 7.98. The van der Waals surface area contributed by atoms with E-state index in [1.165, 1.54) is 40.9 Å². The third-order valence-corrected chi connectivity index (χ3v) is 16.4. The molecule has 30 heteroatoms. The molecular formula is C61H82N12O16S2. The molecule has 1 aliphatic rings. The van der Waals surface area contributed by atoms with Crippen LogP contribution in [0.5, 0.6) is 17.5 Å². The van der Waals surface area contributed by atoms with Gasteiger partial charge in [0.15, 0.2) is 0 Å². The van der Waals surface area contributed by atoms with Crippen LogP contribution in [0.25, 0.3) is 0 Å². The lowest BCUT2D eigenvalue weighted by molar-refractivity contribution is -0.387. The number of nitrogens with zero attached hydrogens (tertiary/aromatic N) is 4. The quantitative estimate of drug-likeness (QED) is 0.0182. The summed E-state index contributed by atoms with van der Waals surface area (Å²) in [6, 6.07) is 13.5. The monoisotopic (exact) mass is 1300 g/mol. The Hall–Kier alpha value is -8.90. The first kappa shape index (κ1) is 72.8. The first-order chi connectivity index (χ1) is 42.9. The fourth-order valence-corrected chi connectivity index (χ4v) is 11.5. The van der Waals surface area contributed by atoms with Crippen molar-refractivity contribution in [3.05, 3.63) is 112 Å². The summed E-state index contributed by atoms with van der Waals surface area (Å²) in [5, 5.41) is 45.4. The average molecular weight is 1300 g/mol. The average Bonchev–Trinajstić information content (AvgIpc) is 2.07. The summed E-state index contributed by atoms with van der Waals surface area (Å²) in [6.45, 7) is 11.7. The number of para-hydroxylation sites is 1. The van der Waals surface area contributed by atoms with Crippen LogP contribution >= 0.6 is 23.7 Å². The number of nitro groups is 1. The number of likely N-dealkylation sites (tertiary alicyclic amines) is 1. The molecule has 1 aliphatic heterocycles. The van der Waals surface area contributed by atoms with Crippen molar-refractivity contribution in [1.29, 1.82) is 0 Å². The van der Waals surface area contributed by atoms with E-state index in [0.29, 0.717) is 40.2 Å². The van der Waals surface area contributed by atoms with Gasteiger partial charge in [-0.2, -0.15) is 11.8 Å². The van der Waals surface area contributed by atoms with Crippen LogP contribution in [0.3, 0.4) is 0 Å². The van der Waals surface area contributed by atoms with Gasteiger partial charge < -0.3 is 68.5 Å². The minimum Gasteiger partial charge on any atom is -0.492 e. The minimum absolute atomic E-state index is 0.0196. The molecule has 2 heterocycles. The summed E-state index contributed by atoms with van der Waals surface area (Å²) in [6.07, 6.45) is -0.946. The number of hydrogen-bond donors (Lipinski definition) is 10. The number of carbonyl (C=O) groups is 10. The normalized spacial score (nSPS) is 15.3. The Bertz CT molecular complexity index is 3200. The number of rotatable bonds is 34. The summed E-state index contributed by atoms with van der Waals surface area (Å²) in [7, 11) is 0. The number of aromatic hydroxyl groups is 2. The van der Waals surface area contributed by atoms with Crippen LogP contribution in [0.1, 0.15) is 105 Å². The Morgan fingerprint density at radius 3 is 1.98 bits per heavy atom. The molecule has 13 N–H and O–H groups in total. The number of nitro benzene ring substituents is 1. The number of nitrogens with two attached hydrogens (primary N) is 3. The molecule has 0 bridgehead atoms. The highest BCUT2D eigenvalue weighted by atomic mass is 32.2. The number of aromatic nitrogens is 1. The van der Waals surface area contributed by atoms with Gasteiger partial charge in [-0.1, -0.05) is 88.7 Å². The summed E-state index contributed by atoms with van der Waals surface area (Å²) in [4.78, 5) is 157. The number of nitrogens with one attached hydrogen (secondary N) is 5. The Morgan fingerprint density at radius 1 is 0.758 bits per heavy atom. The zero-order valence-corrected chi connectivity index (χ0v) is 53.4. The lowest BCUT2D eigenvalue weighted by Crippen LogP contribution is -2.61. The SMILES string of the molecule is CC[C@H](C)[C@H](NC(=O)[C@@H](N)Cc1ccc(OC(C)(C)C)cc1)C(=O)N[C@@H](CCC(N)=O)C(=O)N[C@@H](CC(N)=O)C(=O)N[C@@H](CSCc1ccccc1)C(=O)N1CCC[C@H]1C(=O)N[C@@H](CC(C)C)C(=O)N(CC(=O)On1c(O)ccc1O)Sc1ccccc1[N+](=O)[O-]. The molecule has 5 rings (SSSR count). The van der Waals surface area contributed by atoms with Crippen LogP contribution in [-0.2, 0) is 60.1 Å². The highest BCUT2D eigenvalue weighted by Gasteiger charge is 2.42. The molecule has 1 saturated heterocycles. The molecule has 4 aromatic rings. The second kappa shape index (κ2) is 34.3. The summed E-state index contributed by atoms with van der Waals surface area (Å²) < 4.78 is 7.09. The van der Waals surface area contributed by atoms with Crippen molar-refractivity contribution in [3.8, 4) is 17.5 Å². The predicted octanol–water partition coefficient (Wildman–Crippen LogP) is 2.63. The fraction of sp³-hybridized carbons (Fsp3) is 0.475. The standard InChI is InChI=1S/C61H82N12O16S2/c1-8-36(4)53(69-54(79)40(62)30-37-20-22-39(23-21-37)88-61(5,6)7)58(83)65-41(24-25-48(63)74)55(80)66-42(31-49(64)75)56(81)68-44(34-90-33-38-15-10-9-11-16-38)59(84)70-28-14-18-46(70)57(82)67-43(29-35(2)3)60(85)71(91-47-19-13-12-17-45(47)73(86)87)32-52(78)89-72-50(76)26-27-51(72)77/h9-13,15-17,19-23,26-27,35-36,40-44,46,53,76-77H,8,14,18,24-25,28-34,62H2,1-7H3,(H2,63,74)(H2,64,75)(H,65,83)(H,66,80)(H,67,82)(H,68,81)(H,69,79)/t36-,40-,41-,42-,43-,44-,46-,53-/m0/s1. The zero-order chi connectivity index (χ0) is 67.3. The molecule has 494 valence electrons. The van der Waals surface area contributed by atoms with Gasteiger partial charge in [-0.3, -0.25) is 57.6 Å². The summed E-state index contributed by atoms with van der Waals surface area (Å²) in [5.41, 5.74) is 18.2. The number of primary amides is 2. The molecular weight excluding hydrogens is 1220 g/mol. The maximum absolute atomic E-state index is 15.0. The maximum Gasteiger partial charge on any atom is 0.353 e. The van der Waals surface area contributed by atoms with Crippen molar-refractivity contribution in [2.45, 2.75) is 158 Å². The van der Waals surface area contributed by atoms with Crippen LogP contribution < -0.4 is 53.4 Å². The van der Waals surface area contributed by atoms with E-state index in [-0.39, 0.29) is 48.8 Å². The van der Waals surface area contributed by atoms with Crippen LogP contribution in [0.2, 0.25) is 0 Å². The van der Waals surface area contributed by atoms with Crippen LogP contribution in [0.4, 0.5) is 5.69 Å². The van der Waals surface area contributed by atoms with E-state index in [1.807, 2.05) is 39.0 Å². The second-order valence-corrected chi connectivity index (χ2v) is 25.4. The summed E-state index contributed by atoms with van der Waals surface area (Å²) in [5.74, 6) is -10.7. The lowest BCUT2D eigenvalue weighted by atomic mass is 9.96. The number of carbonyl (C=O) groups excluding carboxylic acids is 10. The van der Waals surface area contributed by atoms with Crippen LogP contribution in [0.15, 0.2) is 95.9 Å². The van der Waals surface area contributed by atoms with Crippen LogP contribution in [-0.4, -0.2) is 155 Å². The number of thioether (sulfide) groups is 1. The third-order valence-electron chi connectivity index (χ3n) is 14.2. The molecule has 1 fully saturated rings. The first-order valence-corrected chi connectivity index (χ1v) is 31.5.